The van der Waals surface area contributed by atoms with Crippen LogP contribution in [0.5, 0.6) is 0 Å². The van der Waals surface area contributed by atoms with Gasteiger partial charge >= 0.3 is 0 Å². The highest BCUT2D eigenvalue weighted by Crippen LogP contribution is 2.26. The number of nitrogens with zero attached hydrogens (tertiary/aromatic N) is 1. The Labute approximate surface area is 101 Å². The summed E-state index contributed by atoms with van der Waals surface area (Å²) in [4.78, 5) is 2.68. The lowest BCUT2D eigenvalue weighted by molar-refractivity contribution is 0.231. The third kappa shape index (κ3) is 4.06. The van der Waals surface area contributed by atoms with Crippen LogP contribution in [0, 0.1) is 5.92 Å². The molecule has 1 saturated carbocycles. The molecule has 1 saturated heterocycles. The summed E-state index contributed by atoms with van der Waals surface area (Å²) in [5.41, 5.74) is 0. The van der Waals surface area contributed by atoms with Crippen LogP contribution >= 0.6 is 0 Å². The molecule has 1 aliphatic carbocycles. The van der Waals surface area contributed by atoms with E-state index in [9.17, 15) is 0 Å². The Bertz CT molecular complexity index is 187. The van der Waals surface area contributed by atoms with Crippen LogP contribution in [0.3, 0.4) is 0 Å². The standard InChI is InChI=1S/C14H28N2/c1-13-12-16(10-5-9-15-13)11-8-14-6-3-2-4-7-14/h13-15H,2-12H2,1H3. The van der Waals surface area contributed by atoms with Gasteiger partial charge in [0.2, 0.25) is 0 Å². The summed E-state index contributed by atoms with van der Waals surface area (Å²) in [6.07, 6.45) is 10.2. The first-order valence-corrected chi connectivity index (χ1v) is 7.30. The smallest absolute Gasteiger partial charge is 0.0166 e. The molecule has 2 nitrogen and oxygen atoms in total. The minimum atomic E-state index is 0.689. The molecule has 2 aliphatic rings. The SMILES string of the molecule is CC1CN(CCC2CCCCC2)CCCN1. The first-order valence-electron chi connectivity index (χ1n) is 7.30. The summed E-state index contributed by atoms with van der Waals surface area (Å²) in [6, 6.07) is 0.689. The Hall–Kier alpha value is -0.0800. The quantitative estimate of drug-likeness (QED) is 0.793. The van der Waals surface area contributed by atoms with Crippen molar-refractivity contribution in [2.45, 2.75) is 57.9 Å². The molecule has 0 bridgehead atoms. The Balaban J connectivity index is 1.67. The second kappa shape index (κ2) is 6.61. The highest BCUT2D eigenvalue weighted by Gasteiger charge is 2.17. The summed E-state index contributed by atoms with van der Waals surface area (Å²) >= 11 is 0. The lowest BCUT2D eigenvalue weighted by Crippen LogP contribution is -2.36. The second-order valence-corrected chi connectivity index (χ2v) is 5.80. The third-order valence-corrected chi connectivity index (χ3v) is 4.25. The van der Waals surface area contributed by atoms with Crippen LogP contribution in [0.2, 0.25) is 0 Å². The molecule has 94 valence electrons. The first-order chi connectivity index (χ1) is 7.84. The van der Waals surface area contributed by atoms with Crippen LogP contribution < -0.4 is 5.32 Å². The third-order valence-electron chi connectivity index (χ3n) is 4.25. The van der Waals surface area contributed by atoms with Gasteiger partial charge in [0.25, 0.3) is 0 Å². The molecular weight excluding hydrogens is 196 g/mol. The van der Waals surface area contributed by atoms with Gasteiger partial charge in [0.15, 0.2) is 0 Å². The Morgan fingerprint density at radius 2 is 1.94 bits per heavy atom. The molecule has 0 aromatic rings. The van der Waals surface area contributed by atoms with Crippen molar-refractivity contribution in [1.29, 1.82) is 0 Å². The summed E-state index contributed by atoms with van der Waals surface area (Å²) in [5.74, 6) is 1.04. The Kier molecular flexibility index (Phi) is 5.11. The van der Waals surface area contributed by atoms with Gasteiger partial charge in [-0.25, -0.2) is 0 Å². The molecule has 0 aromatic carbocycles. The summed E-state index contributed by atoms with van der Waals surface area (Å²) in [6.45, 7) is 7.44. The van der Waals surface area contributed by atoms with Crippen LogP contribution in [0.15, 0.2) is 0 Å². The molecule has 1 atom stereocenters. The molecule has 0 aromatic heterocycles. The van der Waals surface area contributed by atoms with E-state index in [0.717, 1.165) is 5.92 Å². The molecule has 2 rings (SSSR count). The molecule has 16 heavy (non-hydrogen) atoms. The number of hydrogen-bond acceptors (Lipinski definition) is 2. The van der Waals surface area contributed by atoms with Crippen LogP contribution in [0.25, 0.3) is 0 Å². The Morgan fingerprint density at radius 3 is 2.75 bits per heavy atom. The van der Waals surface area contributed by atoms with Gasteiger partial charge in [-0.2, -0.15) is 0 Å². The molecule has 0 spiro atoms. The van der Waals surface area contributed by atoms with Crippen LogP contribution in [0.1, 0.15) is 51.9 Å². The van der Waals surface area contributed by atoms with E-state index in [2.05, 4.69) is 17.1 Å². The van der Waals surface area contributed by atoms with E-state index in [1.54, 1.807) is 0 Å². The lowest BCUT2D eigenvalue weighted by atomic mass is 9.87. The van der Waals surface area contributed by atoms with Gasteiger partial charge in [0, 0.05) is 12.6 Å². The zero-order chi connectivity index (χ0) is 11.2. The largest absolute Gasteiger partial charge is 0.313 e. The molecular formula is C14H28N2. The topological polar surface area (TPSA) is 15.3 Å². The van der Waals surface area contributed by atoms with E-state index in [1.165, 1.54) is 71.1 Å². The van der Waals surface area contributed by atoms with E-state index in [4.69, 9.17) is 0 Å². The molecule has 1 N–H and O–H groups in total. The van der Waals surface area contributed by atoms with Gasteiger partial charge in [-0.15, -0.1) is 0 Å². The normalized spacial score (nSPS) is 30.2. The Morgan fingerprint density at radius 1 is 1.12 bits per heavy atom. The zero-order valence-corrected chi connectivity index (χ0v) is 10.9. The lowest BCUT2D eigenvalue weighted by Gasteiger charge is -2.27. The molecule has 1 aliphatic heterocycles. The maximum atomic E-state index is 3.57. The van der Waals surface area contributed by atoms with Crippen LogP contribution in [-0.4, -0.2) is 37.1 Å². The predicted molar refractivity (Wildman–Crippen MR) is 69.7 cm³/mol. The van der Waals surface area contributed by atoms with Gasteiger partial charge < -0.3 is 10.2 Å². The van der Waals surface area contributed by atoms with Crippen LogP contribution in [0.4, 0.5) is 0 Å². The van der Waals surface area contributed by atoms with Gasteiger partial charge in [-0.3, -0.25) is 0 Å². The van der Waals surface area contributed by atoms with E-state index in [-0.39, 0.29) is 0 Å². The van der Waals surface area contributed by atoms with E-state index in [0.29, 0.717) is 6.04 Å². The number of hydrogen-bond donors (Lipinski definition) is 1. The summed E-state index contributed by atoms with van der Waals surface area (Å²) in [7, 11) is 0. The fraction of sp³-hybridized carbons (Fsp3) is 1.00. The maximum absolute atomic E-state index is 3.57. The van der Waals surface area contributed by atoms with E-state index in [1.807, 2.05) is 0 Å². The minimum Gasteiger partial charge on any atom is -0.313 e. The fourth-order valence-electron chi connectivity index (χ4n) is 3.24. The maximum Gasteiger partial charge on any atom is 0.0166 e. The minimum absolute atomic E-state index is 0.689. The molecule has 2 fully saturated rings. The second-order valence-electron chi connectivity index (χ2n) is 5.80. The van der Waals surface area contributed by atoms with Crippen molar-refractivity contribution in [3.05, 3.63) is 0 Å². The molecule has 2 heteroatoms. The monoisotopic (exact) mass is 224 g/mol. The zero-order valence-electron chi connectivity index (χ0n) is 10.9. The van der Waals surface area contributed by atoms with Gasteiger partial charge in [0.05, 0.1) is 0 Å². The van der Waals surface area contributed by atoms with Crippen molar-refractivity contribution in [3.63, 3.8) is 0 Å². The van der Waals surface area contributed by atoms with Crippen LogP contribution in [-0.2, 0) is 0 Å². The van der Waals surface area contributed by atoms with Crippen molar-refractivity contribution < 1.29 is 0 Å². The van der Waals surface area contributed by atoms with Crippen molar-refractivity contribution in [2.24, 2.45) is 5.92 Å². The fourth-order valence-corrected chi connectivity index (χ4v) is 3.24. The summed E-state index contributed by atoms with van der Waals surface area (Å²) in [5, 5.41) is 3.57. The molecule has 0 amide bonds. The van der Waals surface area contributed by atoms with Crippen molar-refractivity contribution >= 4 is 0 Å². The molecule has 1 unspecified atom stereocenters. The molecule has 1 heterocycles. The molecule has 0 radical (unpaired) electrons. The highest BCUT2D eigenvalue weighted by atomic mass is 15.2. The van der Waals surface area contributed by atoms with Crippen molar-refractivity contribution in [1.82, 2.24) is 10.2 Å². The van der Waals surface area contributed by atoms with Gasteiger partial charge in [-0.05, 0) is 45.3 Å². The van der Waals surface area contributed by atoms with E-state index < -0.39 is 0 Å². The number of rotatable bonds is 3. The van der Waals surface area contributed by atoms with E-state index >= 15 is 0 Å². The van der Waals surface area contributed by atoms with Crippen molar-refractivity contribution in [3.8, 4) is 0 Å². The van der Waals surface area contributed by atoms with Crippen molar-refractivity contribution in [2.75, 3.05) is 26.2 Å². The predicted octanol–water partition coefficient (Wildman–Crippen LogP) is 2.64. The van der Waals surface area contributed by atoms with Gasteiger partial charge in [-0.1, -0.05) is 32.1 Å². The van der Waals surface area contributed by atoms with Gasteiger partial charge in [0.1, 0.15) is 0 Å². The average molecular weight is 224 g/mol. The summed E-state index contributed by atoms with van der Waals surface area (Å²) < 4.78 is 0. The average Bonchev–Trinajstić information content (AvgIpc) is 2.52. The highest BCUT2D eigenvalue weighted by molar-refractivity contribution is 4.74. The first kappa shape index (κ1) is 12.4. The number of nitrogens with one attached hydrogen (secondary N) is 1.